The zero-order valence-corrected chi connectivity index (χ0v) is 11.8. The highest BCUT2D eigenvalue weighted by atomic mass is 32.2. The van der Waals surface area contributed by atoms with E-state index in [4.69, 9.17) is 5.73 Å². The quantitative estimate of drug-likeness (QED) is 0.890. The van der Waals surface area contributed by atoms with Gasteiger partial charge in [-0.1, -0.05) is 12.8 Å². The average molecular weight is 304 g/mol. The molecule has 1 saturated carbocycles. The Bertz CT molecular complexity index is 578. The lowest BCUT2D eigenvalue weighted by Crippen LogP contribution is -2.44. The van der Waals surface area contributed by atoms with Crippen LogP contribution in [0.2, 0.25) is 0 Å². The molecule has 2 rings (SSSR count). The summed E-state index contributed by atoms with van der Waals surface area (Å²) in [5.41, 5.74) is 5.64. The number of sulfonamides is 1. The summed E-state index contributed by atoms with van der Waals surface area (Å²) in [6.07, 6.45) is 3.41. The number of nitrogens with two attached hydrogens (primary N) is 1. The van der Waals surface area contributed by atoms with Gasteiger partial charge in [-0.15, -0.1) is 0 Å². The number of halogens is 2. The molecule has 4 nitrogen and oxygen atoms in total. The highest BCUT2D eigenvalue weighted by Gasteiger charge is 2.30. The van der Waals surface area contributed by atoms with E-state index in [9.17, 15) is 17.2 Å². The second-order valence-corrected chi connectivity index (χ2v) is 6.77. The Kier molecular flexibility index (Phi) is 4.72. The summed E-state index contributed by atoms with van der Waals surface area (Å²) in [7, 11) is -4.08. The maximum absolute atomic E-state index is 13.6. The van der Waals surface area contributed by atoms with E-state index in [1.807, 2.05) is 0 Å². The fraction of sp³-hybridized carbons (Fsp3) is 0.538. The van der Waals surface area contributed by atoms with E-state index in [0.29, 0.717) is 19.0 Å². The molecule has 0 heterocycles. The molecule has 0 amide bonds. The van der Waals surface area contributed by atoms with Crippen LogP contribution in [0.3, 0.4) is 0 Å². The van der Waals surface area contributed by atoms with Crippen molar-refractivity contribution < 1.29 is 17.2 Å². The largest absolute Gasteiger partial charge is 0.330 e. The third kappa shape index (κ3) is 3.34. The maximum Gasteiger partial charge on any atom is 0.243 e. The van der Waals surface area contributed by atoms with Gasteiger partial charge >= 0.3 is 0 Å². The molecule has 0 radical (unpaired) electrons. The standard InChI is InChI=1S/C13H18F2N2O2S/c14-10-5-6-11(15)13(7-10)20(18,19)17-12-4-2-1-3-9(12)8-16/h5-7,9,12,17H,1-4,8,16H2. The topological polar surface area (TPSA) is 72.2 Å². The first-order valence-corrected chi connectivity index (χ1v) is 8.10. The Hall–Kier alpha value is -1.05. The Morgan fingerprint density at radius 2 is 1.95 bits per heavy atom. The van der Waals surface area contributed by atoms with Crippen molar-refractivity contribution in [2.45, 2.75) is 36.6 Å². The van der Waals surface area contributed by atoms with Gasteiger partial charge in [0.05, 0.1) is 0 Å². The zero-order valence-electron chi connectivity index (χ0n) is 11.0. The molecule has 1 aromatic rings. The molecule has 2 unspecified atom stereocenters. The Morgan fingerprint density at radius 3 is 2.65 bits per heavy atom. The number of hydrogen-bond donors (Lipinski definition) is 2. The first kappa shape index (κ1) is 15.3. The van der Waals surface area contributed by atoms with Crippen molar-refractivity contribution in [2.75, 3.05) is 6.54 Å². The second kappa shape index (κ2) is 6.15. The van der Waals surface area contributed by atoms with Crippen molar-refractivity contribution in [3.05, 3.63) is 29.8 Å². The predicted molar refractivity (Wildman–Crippen MR) is 71.5 cm³/mol. The van der Waals surface area contributed by atoms with Gasteiger partial charge < -0.3 is 5.73 Å². The third-order valence-electron chi connectivity index (χ3n) is 3.70. The third-order valence-corrected chi connectivity index (χ3v) is 5.21. The summed E-state index contributed by atoms with van der Waals surface area (Å²) in [5.74, 6) is -1.71. The average Bonchev–Trinajstić information content (AvgIpc) is 2.41. The molecule has 0 saturated heterocycles. The van der Waals surface area contributed by atoms with E-state index in [-0.39, 0.29) is 12.0 Å². The van der Waals surface area contributed by atoms with Gasteiger partial charge in [0, 0.05) is 6.04 Å². The number of rotatable bonds is 4. The lowest BCUT2D eigenvalue weighted by atomic mass is 9.85. The molecule has 20 heavy (non-hydrogen) atoms. The van der Waals surface area contributed by atoms with Crippen molar-refractivity contribution >= 4 is 10.0 Å². The van der Waals surface area contributed by atoms with E-state index in [2.05, 4.69) is 4.72 Å². The van der Waals surface area contributed by atoms with Crippen LogP contribution in [0.4, 0.5) is 8.78 Å². The summed E-state index contributed by atoms with van der Waals surface area (Å²) < 4.78 is 53.5. The molecule has 2 atom stereocenters. The van der Waals surface area contributed by atoms with Gasteiger partial charge in [-0.25, -0.2) is 21.9 Å². The van der Waals surface area contributed by atoms with Crippen LogP contribution < -0.4 is 10.5 Å². The van der Waals surface area contributed by atoms with Gasteiger partial charge in [0.25, 0.3) is 0 Å². The van der Waals surface area contributed by atoms with Gasteiger partial charge in [-0.2, -0.15) is 0 Å². The SMILES string of the molecule is NCC1CCCCC1NS(=O)(=O)c1cc(F)ccc1F. The van der Waals surface area contributed by atoms with Crippen molar-refractivity contribution in [1.29, 1.82) is 0 Å². The lowest BCUT2D eigenvalue weighted by Gasteiger charge is -2.31. The summed E-state index contributed by atoms with van der Waals surface area (Å²) in [6, 6.07) is 2.07. The van der Waals surface area contributed by atoms with Crippen molar-refractivity contribution in [1.82, 2.24) is 4.72 Å². The Morgan fingerprint density at radius 1 is 1.25 bits per heavy atom. The molecule has 0 bridgehead atoms. The van der Waals surface area contributed by atoms with Crippen LogP contribution in [0.25, 0.3) is 0 Å². The Labute approximate surface area is 117 Å². The summed E-state index contributed by atoms with van der Waals surface area (Å²) in [6.45, 7) is 0.374. The van der Waals surface area contributed by atoms with Crippen LogP contribution >= 0.6 is 0 Å². The molecule has 0 aromatic heterocycles. The van der Waals surface area contributed by atoms with Gasteiger partial charge in [-0.05, 0) is 43.5 Å². The molecule has 3 N–H and O–H groups in total. The summed E-state index contributed by atoms with van der Waals surface area (Å²) >= 11 is 0. The van der Waals surface area contributed by atoms with Crippen LogP contribution in [0.1, 0.15) is 25.7 Å². The van der Waals surface area contributed by atoms with Gasteiger partial charge in [0.2, 0.25) is 10.0 Å². The highest BCUT2D eigenvalue weighted by Crippen LogP contribution is 2.25. The van der Waals surface area contributed by atoms with E-state index in [1.165, 1.54) is 0 Å². The smallest absolute Gasteiger partial charge is 0.243 e. The van der Waals surface area contributed by atoms with Crippen molar-refractivity contribution in [3.8, 4) is 0 Å². The summed E-state index contributed by atoms with van der Waals surface area (Å²) in [5, 5.41) is 0. The fourth-order valence-electron chi connectivity index (χ4n) is 2.59. The second-order valence-electron chi connectivity index (χ2n) is 5.08. The first-order valence-electron chi connectivity index (χ1n) is 6.61. The number of benzene rings is 1. The molecule has 7 heteroatoms. The zero-order chi connectivity index (χ0) is 14.8. The molecule has 1 fully saturated rings. The van der Waals surface area contributed by atoms with Gasteiger partial charge in [0.15, 0.2) is 0 Å². The summed E-state index contributed by atoms with van der Waals surface area (Å²) in [4.78, 5) is -0.654. The van der Waals surface area contributed by atoms with Crippen LogP contribution in [-0.2, 0) is 10.0 Å². The first-order chi connectivity index (χ1) is 9.44. The maximum atomic E-state index is 13.6. The van der Waals surface area contributed by atoms with Gasteiger partial charge in [-0.3, -0.25) is 0 Å². The van der Waals surface area contributed by atoms with Gasteiger partial charge in [0.1, 0.15) is 16.5 Å². The van der Waals surface area contributed by atoms with Crippen molar-refractivity contribution in [2.24, 2.45) is 11.7 Å². The minimum atomic E-state index is -4.08. The lowest BCUT2D eigenvalue weighted by molar-refractivity contribution is 0.296. The molecule has 1 aliphatic carbocycles. The van der Waals surface area contributed by atoms with Crippen molar-refractivity contribution in [3.63, 3.8) is 0 Å². The normalized spacial score (nSPS) is 23.8. The minimum Gasteiger partial charge on any atom is -0.330 e. The van der Waals surface area contributed by atoms with E-state index in [0.717, 1.165) is 31.4 Å². The Balaban J connectivity index is 2.24. The molecule has 112 valence electrons. The van der Waals surface area contributed by atoms with E-state index >= 15 is 0 Å². The predicted octanol–water partition coefficient (Wildman–Crippen LogP) is 1.76. The molecular weight excluding hydrogens is 286 g/mol. The van der Waals surface area contributed by atoms with E-state index < -0.39 is 26.6 Å². The minimum absolute atomic E-state index is 0.0372. The molecule has 0 aliphatic heterocycles. The fourth-order valence-corrected chi connectivity index (χ4v) is 4.02. The molecule has 0 spiro atoms. The molecule has 1 aromatic carbocycles. The highest BCUT2D eigenvalue weighted by molar-refractivity contribution is 7.89. The number of nitrogens with one attached hydrogen (secondary N) is 1. The monoisotopic (exact) mass is 304 g/mol. The van der Waals surface area contributed by atoms with Crippen LogP contribution in [0.15, 0.2) is 23.1 Å². The van der Waals surface area contributed by atoms with Crippen LogP contribution in [-0.4, -0.2) is 21.0 Å². The van der Waals surface area contributed by atoms with Crippen LogP contribution in [0.5, 0.6) is 0 Å². The molecule has 1 aliphatic rings. The number of hydrogen-bond acceptors (Lipinski definition) is 3. The van der Waals surface area contributed by atoms with E-state index in [1.54, 1.807) is 0 Å². The van der Waals surface area contributed by atoms with Crippen LogP contribution in [0, 0.1) is 17.6 Å². The molecular formula is C13H18F2N2O2S.